The van der Waals surface area contributed by atoms with Crippen molar-refractivity contribution in [2.24, 2.45) is 17.3 Å². The zero-order chi connectivity index (χ0) is 21.5. The Labute approximate surface area is 180 Å². The first-order valence-corrected chi connectivity index (χ1v) is 11.4. The van der Waals surface area contributed by atoms with Crippen molar-refractivity contribution in [1.82, 2.24) is 9.88 Å². The number of pyridine rings is 1. The van der Waals surface area contributed by atoms with Gasteiger partial charge in [-0.25, -0.2) is 0 Å². The van der Waals surface area contributed by atoms with Crippen molar-refractivity contribution in [3.05, 3.63) is 36.0 Å². The maximum absolute atomic E-state index is 9.28. The minimum Gasteiger partial charge on any atom is -0.490 e. The van der Waals surface area contributed by atoms with E-state index in [4.69, 9.17) is 9.72 Å². The first kappa shape index (κ1) is 21.5. The van der Waals surface area contributed by atoms with Crippen LogP contribution in [0.15, 0.2) is 30.3 Å². The first-order chi connectivity index (χ1) is 14.2. The molecule has 2 N–H and O–H groups in total. The maximum Gasteiger partial charge on any atom is 0.156 e. The lowest BCUT2D eigenvalue weighted by Crippen LogP contribution is -2.52. The third-order valence-corrected chi connectivity index (χ3v) is 7.22. The van der Waals surface area contributed by atoms with Crippen molar-refractivity contribution < 1.29 is 14.9 Å². The number of likely N-dealkylation sites (tertiary alicyclic amines) is 1. The van der Waals surface area contributed by atoms with E-state index in [0.717, 1.165) is 41.1 Å². The Morgan fingerprint density at radius 3 is 2.37 bits per heavy atom. The molecule has 0 spiro atoms. The van der Waals surface area contributed by atoms with Crippen molar-refractivity contribution in [2.75, 3.05) is 13.1 Å². The van der Waals surface area contributed by atoms with Gasteiger partial charge in [0, 0.05) is 30.4 Å². The number of aliphatic hydroxyl groups excluding tert-OH is 1. The van der Waals surface area contributed by atoms with Crippen molar-refractivity contribution in [2.45, 2.75) is 71.8 Å². The van der Waals surface area contributed by atoms with Crippen LogP contribution in [0.2, 0.25) is 0 Å². The van der Waals surface area contributed by atoms with Crippen LogP contribution in [-0.2, 0) is 0 Å². The predicted molar refractivity (Wildman–Crippen MR) is 119 cm³/mol. The minimum absolute atomic E-state index is 0.0499. The maximum atomic E-state index is 9.28. The zero-order valence-corrected chi connectivity index (χ0v) is 18.7. The molecule has 5 heteroatoms. The summed E-state index contributed by atoms with van der Waals surface area (Å²) in [5.41, 5.74) is 2.38. The summed E-state index contributed by atoms with van der Waals surface area (Å²) in [5.74, 6) is 1.68. The highest BCUT2D eigenvalue weighted by Crippen LogP contribution is 2.39. The molecule has 1 aliphatic heterocycles. The largest absolute Gasteiger partial charge is 0.490 e. The Kier molecular flexibility index (Phi) is 6.06. The second-order valence-corrected chi connectivity index (χ2v) is 10.4. The number of aliphatic hydroxyl groups is 2. The summed E-state index contributed by atoms with van der Waals surface area (Å²) in [6, 6.07) is 10.6. The fourth-order valence-corrected chi connectivity index (χ4v) is 4.91. The lowest BCUT2D eigenvalue weighted by molar-refractivity contribution is -0.136. The lowest BCUT2D eigenvalue weighted by Gasteiger charge is -2.43. The van der Waals surface area contributed by atoms with Gasteiger partial charge in [0.05, 0.1) is 17.3 Å². The summed E-state index contributed by atoms with van der Waals surface area (Å²) in [5, 5.41) is 19.7. The summed E-state index contributed by atoms with van der Waals surface area (Å²) >= 11 is 0. The van der Waals surface area contributed by atoms with E-state index in [1.807, 2.05) is 6.07 Å². The molecule has 2 aliphatic rings. The molecule has 1 unspecified atom stereocenters. The van der Waals surface area contributed by atoms with Crippen LogP contribution in [0.5, 0.6) is 5.75 Å². The van der Waals surface area contributed by atoms with Crippen LogP contribution in [0.4, 0.5) is 0 Å². The van der Waals surface area contributed by atoms with E-state index < -0.39 is 6.29 Å². The smallest absolute Gasteiger partial charge is 0.156 e. The van der Waals surface area contributed by atoms with Crippen LogP contribution in [0.25, 0.3) is 10.9 Å². The number of hydrogen-bond donors (Lipinski definition) is 2. The number of hydrogen-bond acceptors (Lipinski definition) is 5. The molecule has 2 heterocycles. The second kappa shape index (κ2) is 8.45. The van der Waals surface area contributed by atoms with Crippen LogP contribution in [-0.4, -0.2) is 45.6 Å². The Bertz CT molecular complexity index is 862. The molecule has 2 aromatic rings. The molecule has 30 heavy (non-hydrogen) atoms. The number of benzene rings is 1. The van der Waals surface area contributed by atoms with Gasteiger partial charge in [0.25, 0.3) is 0 Å². The second-order valence-electron chi connectivity index (χ2n) is 10.4. The van der Waals surface area contributed by atoms with E-state index in [0.29, 0.717) is 24.6 Å². The van der Waals surface area contributed by atoms with E-state index >= 15 is 0 Å². The highest BCUT2D eigenvalue weighted by atomic mass is 16.5. The summed E-state index contributed by atoms with van der Waals surface area (Å²) in [6.45, 7) is 10.6. The number of nitrogens with zero attached hydrogens (tertiary/aromatic N) is 2. The fourth-order valence-electron chi connectivity index (χ4n) is 4.91. The topological polar surface area (TPSA) is 65.8 Å². The number of rotatable bonds is 5. The molecule has 1 saturated heterocycles. The Morgan fingerprint density at radius 1 is 1.03 bits per heavy atom. The van der Waals surface area contributed by atoms with E-state index in [9.17, 15) is 10.2 Å². The van der Waals surface area contributed by atoms with Gasteiger partial charge in [-0.05, 0) is 68.2 Å². The molecule has 1 aromatic carbocycles. The van der Waals surface area contributed by atoms with Crippen LogP contribution in [0.3, 0.4) is 0 Å². The Morgan fingerprint density at radius 2 is 1.73 bits per heavy atom. The third kappa shape index (κ3) is 4.63. The average Bonchev–Trinajstić information content (AvgIpc) is 2.65. The summed E-state index contributed by atoms with van der Waals surface area (Å²) in [7, 11) is 0. The highest BCUT2D eigenvalue weighted by Gasteiger charge is 2.35. The van der Waals surface area contributed by atoms with E-state index in [2.05, 4.69) is 56.9 Å². The van der Waals surface area contributed by atoms with Gasteiger partial charge in [-0.1, -0.05) is 26.8 Å². The first-order valence-electron chi connectivity index (χ1n) is 11.4. The van der Waals surface area contributed by atoms with Crippen LogP contribution in [0, 0.1) is 17.3 Å². The molecule has 2 fully saturated rings. The quantitative estimate of drug-likeness (QED) is 0.707. The van der Waals surface area contributed by atoms with Gasteiger partial charge >= 0.3 is 0 Å². The number of aromatic nitrogens is 1. The van der Waals surface area contributed by atoms with E-state index in [1.165, 1.54) is 12.8 Å². The minimum atomic E-state index is -1.22. The molecule has 0 radical (unpaired) electrons. The standard InChI is InChI=1S/C25H36N2O3/c1-16(27-14-18(15-27)24(28)29)22-11-5-17-13-21(10-12-23(17)26-22)30-20-8-6-19(7-9-20)25(2,3)4/h5,10-13,16,18-20,24,28-29H,6-9,14-15H2,1-4H3. The van der Waals surface area contributed by atoms with Crippen molar-refractivity contribution >= 4 is 10.9 Å². The van der Waals surface area contributed by atoms with Gasteiger partial charge in [0.1, 0.15) is 5.75 Å². The van der Waals surface area contributed by atoms with Gasteiger partial charge in [-0.3, -0.25) is 9.88 Å². The molecule has 4 rings (SSSR count). The van der Waals surface area contributed by atoms with Gasteiger partial charge in [-0.15, -0.1) is 0 Å². The molecular weight excluding hydrogens is 376 g/mol. The van der Waals surface area contributed by atoms with Gasteiger partial charge in [0.2, 0.25) is 0 Å². The predicted octanol–water partition coefficient (Wildman–Crippen LogP) is 4.52. The number of fused-ring (bicyclic) bond motifs is 1. The molecule has 1 aliphatic carbocycles. The summed E-state index contributed by atoms with van der Waals surface area (Å²) in [4.78, 5) is 7.08. The Balaban J connectivity index is 1.38. The molecule has 1 saturated carbocycles. The Hall–Kier alpha value is -1.69. The van der Waals surface area contributed by atoms with Crippen LogP contribution >= 0.6 is 0 Å². The zero-order valence-electron chi connectivity index (χ0n) is 18.7. The molecule has 5 nitrogen and oxygen atoms in total. The van der Waals surface area contributed by atoms with E-state index in [-0.39, 0.29) is 12.0 Å². The van der Waals surface area contributed by atoms with Gasteiger partial charge < -0.3 is 14.9 Å². The van der Waals surface area contributed by atoms with E-state index in [1.54, 1.807) is 0 Å². The molecule has 0 amide bonds. The SMILES string of the molecule is CC(c1ccc2cc(OC3CCC(C(C)(C)C)CC3)ccc2n1)N1CC(C(O)O)C1. The molecular formula is C25H36N2O3. The number of ether oxygens (including phenoxy) is 1. The van der Waals surface area contributed by atoms with Gasteiger partial charge in [-0.2, -0.15) is 0 Å². The summed E-state index contributed by atoms with van der Waals surface area (Å²) < 4.78 is 6.32. The van der Waals surface area contributed by atoms with Crippen LogP contribution in [0.1, 0.15) is 65.1 Å². The third-order valence-electron chi connectivity index (χ3n) is 7.22. The lowest BCUT2D eigenvalue weighted by atomic mass is 9.72. The van der Waals surface area contributed by atoms with Gasteiger partial charge in [0.15, 0.2) is 6.29 Å². The average molecular weight is 413 g/mol. The fraction of sp³-hybridized carbons (Fsp3) is 0.640. The van der Waals surface area contributed by atoms with Crippen molar-refractivity contribution in [1.29, 1.82) is 0 Å². The molecule has 0 bridgehead atoms. The molecule has 1 aromatic heterocycles. The molecule has 164 valence electrons. The normalized spacial score (nSPS) is 24.8. The molecule has 1 atom stereocenters. The van der Waals surface area contributed by atoms with Crippen molar-refractivity contribution in [3.8, 4) is 5.75 Å². The van der Waals surface area contributed by atoms with Crippen LogP contribution < -0.4 is 4.74 Å². The summed E-state index contributed by atoms with van der Waals surface area (Å²) in [6.07, 6.45) is 3.85. The van der Waals surface area contributed by atoms with Crippen molar-refractivity contribution in [3.63, 3.8) is 0 Å². The monoisotopic (exact) mass is 412 g/mol. The highest BCUT2D eigenvalue weighted by molar-refractivity contribution is 5.80.